The summed E-state index contributed by atoms with van der Waals surface area (Å²) >= 11 is 0. The van der Waals surface area contributed by atoms with E-state index < -0.39 is 0 Å². The van der Waals surface area contributed by atoms with Gasteiger partial charge in [0.05, 0.1) is 12.2 Å². The van der Waals surface area contributed by atoms with Gasteiger partial charge in [0.1, 0.15) is 23.9 Å². The van der Waals surface area contributed by atoms with Gasteiger partial charge in [-0.2, -0.15) is 0 Å². The molecule has 114 valence electrons. The number of aryl methyl sites for hydroxylation is 2. The van der Waals surface area contributed by atoms with E-state index in [4.69, 9.17) is 9.15 Å². The van der Waals surface area contributed by atoms with Crippen molar-refractivity contribution in [3.63, 3.8) is 0 Å². The lowest BCUT2D eigenvalue weighted by molar-refractivity contribution is 0.261. The molecule has 4 nitrogen and oxygen atoms in total. The monoisotopic (exact) mass is 288 g/mol. The molecular weight excluding hydrogens is 264 g/mol. The highest BCUT2D eigenvalue weighted by molar-refractivity contribution is 5.29. The predicted octanol–water partition coefficient (Wildman–Crippen LogP) is 3.62. The number of furan rings is 1. The summed E-state index contributed by atoms with van der Waals surface area (Å²) in [5.74, 6) is 2.62. The minimum Gasteiger partial charge on any atom is -0.484 e. The van der Waals surface area contributed by atoms with E-state index in [2.05, 4.69) is 24.1 Å². The van der Waals surface area contributed by atoms with Crippen molar-refractivity contribution in [2.75, 3.05) is 6.54 Å². The maximum Gasteiger partial charge on any atom is 0.146 e. The summed E-state index contributed by atoms with van der Waals surface area (Å²) < 4.78 is 11.6. The molecule has 4 heteroatoms. The third kappa shape index (κ3) is 4.60. The Kier molecular flexibility index (Phi) is 5.81. The summed E-state index contributed by atoms with van der Waals surface area (Å²) in [6.45, 7) is 8.42. The van der Waals surface area contributed by atoms with Crippen molar-refractivity contribution >= 4 is 0 Å². The fraction of sp³-hybridized carbons (Fsp3) is 0.471. The zero-order valence-corrected chi connectivity index (χ0v) is 13.1. The molecular formula is C17H24N2O2. The average molecular weight is 288 g/mol. The summed E-state index contributed by atoms with van der Waals surface area (Å²) in [4.78, 5) is 4.49. The Labute approximate surface area is 126 Å². The summed E-state index contributed by atoms with van der Waals surface area (Å²) in [6.07, 6.45) is 1.98. The molecule has 2 aromatic rings. The molecule has 2 rings (SSSR count). The number of pyridine rings is 1. The molecule has 0 aliphatic heterocycles. The van der Waals surface area contributed by atoms with Gasteiger partial charge in [0.25, 0.3) is 0 Å². The molecule has 2 aromatic heterocycles. The Hall–Kier alpha value is -1.81. The first kappa shape index (κ1) is 15.6. The van der Waals surface area contributed by atoms with E-state index in [1.165, 1.54) is 0 Å². The van der Waals surface area contributed by atoms with Crippen LogP contribution in [0, 0.1) is 6.92 Å². The smallest absolute Gasteiger partial charge is 0.146 e. The summed E-state index contributed by atoms with van der Waals surface area (Å²) in [7, 11) is 0. The van der Waals surface area contributed by atoms with Crippen LogP contribution in [0.1, 0.15) is 43.2 Å². The molecule has 0 aliphatic rings. The Morgan fingerprint density at radius 3 is 2.71 bits per heavy atom. The molecule has 0 saturated carbocycles. The second-order valence-corrected chi connectivity index (χ2v) is 5.08. The second kappa shape index (κ2) is 7.84. The third-order valence-electron chi connectivity index (χ3n) is 3.22. The minimum atomic E-state index is 0.436. The van der Waals surface area contributed by atoms with Crippen molar-refractivity contribution in [3.05, 3.63) is 47.2 Å². The minimum absolute atomic E-state index is 0.436. The maximum absolute atomic E-state index is 5.83. The van der Waals surface area contributed by atoms with Crippen LogP contribution in [0.2, 0.25) is 0 Å². The van der Waals surface area contributed by atoms with Crippen LogP contribution in [0.5, 0.6) is 5.75 Å². The van der Waals surface area contributed by atoms with E-state index >= 15 is 0 Å². The van der Waals surface area contributed by atoms with Crippen LogP contribution in [0.25, 0.3) is 0 Å². The highest BCUT2D eigenvalue weighted by Gasteiger charge is 2.07. The Bertz CT molecular complexity index is 564. The lowest BCUT2D eigenvalue weighted by atomic mass is 10.2. The summed E-state index contributed by atoms with van der Waals surface area (Å²) in [6, 6.07) is 7.91. The van der Waals surface area contributed by atoms with Gasteiger partial charge in [-0.3, -0.25) is 4.98 Å². The van der Waals surface area contributed by atoms with E-state index in [0.29, 0.717) is 6.61 Å². The van der Waals surface area contributed by atoms with Crippen LogP contribution in [-0.2, 0) is 19.6 Å². The molecule has 0 atom stereocenters. The summed E-state index contributed by atoms with van der Waals surface area (Å²) in [5, 5.41) is 3.32. The molecule has 1 N–H and O–H groups in total. The van der Waals surface area contributed by atoms with Crippen LogP contribution in [0.4, 0.5) is 0 Å². The Morgan fingerprint density at radius 2 is 1.95 bits per heavy atom. The van der Waals surface area contributed by atoms with E-state index in [-0.39, 0.29) is 0 Å². The van der Waals surface area contributed by atoms with E-state index in [1.54, 1.807) is 0 Å². The molecule has 0 bridgehead atoms. The van der Waals surface area contributed by atoms with Crippen LogP contribution in [0.3, 0.4) is 0 Å². The highest BCUT2D eigenvalue weighted by Crippen LogP contribution is 2.19. The van der Waals surface area contributed by atoms with Crippen molar-refractivity contribution in [3.8, 4) is 5.75 Å². The SMILES string of the molecule is CCCNCc1ccc(COc2ccc(C)nc2CC)o1. The lowest BCUT2D eigenvalue weighted by Crippen LogP contribution is -2.13. The molecule has 0 aromatic carbocycles. The zero-order valence-electron chi connectivity index (χ0n) is 13.1. The first-order valence-electron chi connectivity index (χ1n) is 7.60. The number of ether oxygens (including phenoxy) is 1. The van der Waals surface area contributed by atoms with E-state index in [9.17, 15) is 0 Å². The molecule has 0 fully saturated rings. The highest BCUT2D eigenvalue weighted by atomic mass is 16.5. The fourth-order valence-corrected chi connectivity index (χ4v) is 2.11. The quantitative estimate of drug-likeness (QED) is 0.754. The van der Waals surface area contributed by atoms with Crippen molar-refractivity contribution < 1.29 is 9.15 Å². The topological polar surface area (TPSA) is 47.3 Å². The van der Waals surface area contributed by atoms with Crippen molar-refractivity contribution in [2.24, 2.45) is 0 Å². The maximum atomic E-state index is 5.83. The number of hydrogen-bond acceptors (Lipinski definition) is 4. The lowest BCUT2D eigenvalue weighted by Gasteiger charge is -2.09. The van der Waals surface area contributed by atoms with Crippen LogP contribution < -0.4 is 10.1 Å². The number of hydrogen-bond donors (Lipinski definition) is 1. The van der Waals surface area contributed by atoms with Gasteiger partial charge < -0.3 is 14.5 Å². The zero-order chi connectivity index (χ0) is 15.1. The molecule has 0 spiro atoms. The van der Waals surface area contributed by atoms with Gasteiger partial charge in [-0.05, 0) is 50.6 Å². The van der Waals surface area contributed by atoms with Crippen LogP contribution >= 0.6 is 0 Å². The largest absolute Gasteiger partial charge is 0.484 e. The van der Waals surface area contributed by atoms with Gasteiger partial charge in [-0.1, -0.05) is 13.8 Å². The third-order valence-corrected chi connectivity index (χ3v) is 3.22. The molecule has 21 heavy (non-hydrogen) atoms. The van der Waals surface area contributed by atoms with Crippen LogP contribution in [-0.4, -0.2) is 11.5 Å². The number of nitrogens with one attached hydrogen (secondary N) is 1. The van der Waals surface area contributed by atoms with Gasteiger partial charge in [-0.25, -0.2) is 0 Å². The molecule has 0 amide bonds. The molecule has 2 heterocycles. The van der Waals surface area contributed by atoms with Gasteiger partial charge >= 0.3 is 0 Å². The molecule has 0 saturated heterocycles. The average Bonchev–Trinajstić information content (AvgIpc) is 2.94. The van der Waals surface area contributed by atoms with Crippen LogP contribution in [0.15, 0.2) is 28.7 Å². The van der Waals surface area contributed by atoms with E-state index in [1.807, 2.05) is 31.2 Å². The van der Waals surface area contributed by atoms with Crippen molar-refractivity contribution in [1.82, 2.24) is 10.3 Å². The number of aromatic nitrogens is 1. The molecule has 0 unspecified atom stereocenters. The van der Waals surface area contributed by atoms with Gasteiger partial charge in [-0.15, -0.1) is 0 Å². The number of nitrogens with zero attached hydrogens (tertiary/aromatic N) is 1. The normalized spacial score (nSPS) is 10.8. The molecule has 0 radical (unpaired) electrons. The standard InChI is InChI=1S/C17H24N2O2/c1-4-10-18-11-14-7-8-15(21-14)12-20-17-9-6-13(3)19-16(17)5-2/h6-9,18H,4-5,10-12H2,1-3H3. The predicted molar refractivity (Wildman–Crippen MR) is 83.4 cm³/mol. The fourth-order valence-electron chi connectivity index (χ4n) is 2.11. The van der Waals surface area contributed by atoms with Crippen molar-refractivity contribution in [2.45, 2.75) is 46.8 Å². The Morgan fingerprint density at radius 1 is 1.14 bits per heavy atom. The van der Waals surface area contributed by atoms with E-state index in [0.717, 1.165) is 54.6 Å². The first-order valence-corrected chi connectivity index (χ1v) is 7.60. The van der Waals surface area contributed by atoms with Gasteiger partial charge in [0, 0.05) is 5.69 Å². The number of rotatable bonds is 8. The van der Waals surface area contributed by atoms with Gasteiger partial charge in [0.15, 0.2) is 0 Å². The van der Waals surface area contributed by atoms with Crippen molar-refractivity contribution in [1.29, 1.82) is 0 Å². The Balaban J connectivity index is 1.91. The molecule has 0 aliphatic carbocycles. The second-order valence-electron chi connectivity index (χ2n) is 5.08. The van der Waals surface area contributed by atoms with Gasteiger partial charge in [0.2, 0.25) is 0 Å². The summed E-state index contributed by atoms with van der Waals surface area (Å²) in [5.41, 5.74) is 2.01. The first-order chi connectivity index (χ1) is 10.2.